The van der Waals surface area contributed by atoms with Crippen LogP contribution >= 0.6 is 0 Å². The molecule has 4 nitrogen and oxygen atoms in total. The van der Waals surface area contributed by atoms with Crippen molar-refractivity contribution >= 4 is 5.97 Å². The zero-order valence-electron chi connectivity index (χ0n) is 7.24. The molecule has 0 spiro atoms. The zero-order valence-corrected chi connectivity index (χ0v) is 7.24. The molecule has 0 saturated carbocycles. The molecule has 0 unspecified atom stereocenters. The number of aromatic hydroxyl groups is 1. The van der Waals surface area contributed by atoms with Gasteiger partial charge in [-0.05, 0) is 12.1 Å². The van der Waals surface area contributed by atoms with E-state index in [1.54, 1.807) is 0 Å². The summed E-state index contributed by atoms with van der Waals surface area (Å²) in [4.78, 5) is 10.7. The number of hydrogen-bond acceptors (Lipinski definition) is 3. The van der Waals surface area contributed by atoms with E-state index in [2.05, 4.69) is 0 Å². The average Bonchev–Trinajstić information content (AvgIpc) is 2.16. The fourth-order valence-electron chi connectivity index (χ4n) is 1.13. The molecule has 15 heavy (non-hydrogen) atoms. The standard InChI is InChI=1S/C9H5F2NO3/c10-8(11)4-1-2-6(13)5(3-12)7(4)9(14)15/h1-2,8,13H,(H,14,15). The van der Waals surface area contributed by atoms with Gasteiger partial charge < -0.3 is 10.2 Å². The van der Waals surface area contributed by atoms with Gasteiger partial charge in [0.05, 0.1) is 5.56 Å². The summed E-state index contributed by atoms with van der Waals surface area (Å²) in [5, 5.41) is 26.3. The van der Waals surface area contributed by atoms with Crippen molar-refractivity contribution in [1.29, 1.82) is 5.26 Å². The first-order valence-electron chi connectivity index (χ1n) is 3.76. The lowest BCUT2D eigenvalue weighted by Crippen LogP contribution is -2.06. The highest BCUT2D eigenvalue weighted by molar-refractivity contribution is 5.93. The highest BCUT2D eigenvalue weighted by Gasteiger charge is 2.23. The fourth-order valence-corrected chi connectivity index (χ4v) is 1.13. The molecule has 1 aromatic carbocycles. The summed E-state index contributed by atoms with van der Waals surface area (Å²) in [5.41, 5.74) is -2.29. The van der Waals surface area contributed by atoms with Crippen LogP contribution in [0, 0.1) is 11.3 Å². The van der Waals surface area contributed by atoms with Crippen LogP contribution in [0.25, 0.3) is 0 Å². The Hall–Kier alpha value is -2.16. The van der Waals surface area contributed by atoms with E-state index in [-0.39, 0.29) is 0 Å². The molecule has 0 fully saturated rings. The Balaban J connectivity index is 3.58. The van der Waals surface area contributed by atoms with E-state index in [9.17, 15) is 13.6 Å². The van der Waals surface area contributed by atoms with Gasteiger partial charge in [0.2, 0.25) is 0 Å². The molecule has 1 aromatic rings. The van der Waals surface area contributed by atoms with Crippen LogP contribution in [0.3, 0.4) is 0 Å². The molecule has 2 N–H and O–H groups in total. The van der Waals surface area contributed by atoms with Gasteiger partial charge in [0.15, 0.2) is 0 Å². The first-order chi connectivity index (χ1) is 6.99. The first-order valence-corrected chi connectivity index (χ1v) is 3.76. The molecule has 78 valence electrons. The van der Waals surface area contributed by atoms with Crippen molar-refractivity contribution in [1.82, 2.24) is 0 Å². The molecule has 0 aliphatic heterocycles. The minimum atomic E-state index is -3.01. The molecule has 0 aliphatic rings. The zero-order chi connectivity index (χ0) is 11.6. The normalized spacial score (nSPS) is 10.0. The van der Waals surface area contributed by atoms with Crippen LogP contribution in [0.1, 0.15) is 27.9 Å². The third-order valence-corrected chi connectivity index (χ3v) is 1.78. The number of rotatable bonds is 2. The monoisotopic (exact) mass is 213 g/mol. The quantitative estimate of drug-likeness (QED) is 0.785. The maximum Gasteiger partial charge on any atom is 0.337 e. The van der Waals surface area contributed by atoms with Crippen LogP contribution in [-0.4, -0.2) is 16.2 Å². The van der Waals surface area contributed by atoms with Crippen LogP contribution in [0.15, 0.2) is 12.1 Å². The van der Waals surface area contributed by atoms with Gasteiger partial charge in [-0.25, -0.2) is 13.6 Å². The van der Waals surface area contributed by atoms with Crippen LogP contribution in [-0.2, 0) is 0 Å². The van der Waals surface area contributed by atoms with E-state index >= 15 is 0 Å². The van der Waals surface area contributed by atoms with Crippen LogP contribution in [0.2, 0.25) is 0 Å². The molecule has 0 atom stereocenters. The van der Waals surface area contributed by atoms with Crippen molar-refractivity contribution < 1.29 is 23.8 Å². The average molecular weight is 213 g/mol. The molecule has 0 aromatic heterocycles. The van der Waals surface area contributed by atoms with Gasteiger partial charge in [-0.2, -0.15) is 5.26 Å². The third kappa shape index (κ3) is 1.86. The second kappa shape index (κ2) is 3.92. The van der Waals surface area contributed by atoms with Crippen LogP contribution in [0.4, 0.5) is 8.78 Å². The van der Waals surface area contributed by atoms with Crippen molar-refractivity contribution in [2.45, 2.75) is 6.43 Å². The van der Waals surface area contributed by atoms with Crippen LogP contribution < -0.4 is 0 Å². The number of halogens is 2. The number of phenolic OH excluding ortho intramolecular Hbond substituents is 1. The minimum absolute atomic E-state index is 0.626. The number of hydrogen-bond donors (Lipinski definition) is 2. The topological polar surface area (TPSA) is 81.3 Å². The van der Waals surface area contributed by atoms with E-state index in [0.29, 0.717) is 0 Å². The molecule has 0 aliphatic carbocycles. The Morgan fingerprint density at radius 1 is 1.47 bits per heavy atom. The Kier molecular flexibility index (Phi) is 2.85. The molecule has 0 bridgehead atoms. The Labute approximate surface area is 83.0 Å². The predicted octanol–water partition coefficient (Wildman–Crippen LogP) is 1.90. The minimum Gasteiger partial charge on any atom is -0.507 e. The van der Waals surface area contributed by atoms with Gasteiger partial charge in [0, 0.05) is 5.56 Å². The summed E-state index contributed by atoms with van der Waals surface area (Å²) < 4.78 is 24.8. The summed E-state index contributed by atoms with van der Waals surface area (Å²) in [6, 6.07) is 3.03. The number of phenols is 1. The highest BCUT2D eigenvalue weighted by atomic mass is 19.3. The molecular weight excluding hydrogens is 208 g/mol. The number of alkyl halides is 2. The second-order valence-corrected chi connectivity index (χ2v) is 2.64. The fraction of sp³-hybridized carbons (Fsp3) is 0.111. The molecular formula is C9H5F2NO3. The lowest BCUT2D eigenvalue weighted by atomic mass is 10.0. The van der Waals surface area contributed by atoms with Crippen molar-refractivity contribution in [2.24, 2.45) is 0 Å². The molecule has 0 radical (unpaired) electrons. The van der Waals surface area contributed by atoms with E-state index < -0.39 is 34.8 Å². The van der Waals surface area contributed by atoms with Gasteiger partial charge in [-0.1, -0.05) is 0 Å². The van der Waals surface area contributed by atoms with Gasteiger partial charge in [-0.3, -0.25) is 0 Å². The first kappa shape index (κ1) is 10.9. The summed E-state index contributed by atoms with van der Waals surface area (Å²) in [6.07, 6.45) is -3.01. The highest BCUT2D eigenvalue weighted by Crippen LogP contribution is 2.30. The van der Waals surface area contributed by atoms with E-state index in [1.165, 1.54) is 6.07 Å². The van der Waals surface area contributed by atoms with Crippen molar-refractivity contribution in [3.8, 4) is 11.8 Å². The number of carbonyl (C=O) groups is 1. The number of aromatic carboxylic acids is 1. The van der Waals surface area contributed by atoms with Crippen molar-refractivity contribution in [2.75, 3.05) is 0 Å². The van der Waals surface area contributed by atoms with Crippen molar-refractivity contribution in [3.05, 3.63) is 28.8 Å². The maximum absolute atomic E-state index is 12.4. The summed E-state index contributed by atoms with van der Waals surface area (Å²) >= 11 is 0. The van der Waals surface area contributed by atoms with Crippen LogP contribution in [0.5, 0.6) is 5.75 Å². The van der Waals surface area contributed by atoms with Gasteiger partial charge >= 0.3 is 5.97 Å². The number of benzene rings is 1. The Morgan fingerprint density at radius 3 is 2.47 bits per heavy atom. The molecule has 1 rings (SSSR count). The van der Waals surface area contributed by atoms with Gasteiger partial charge in [0.25, 0.3) is 6.43 Å². The number of nitriles is 1. The molecule has 0 heterocycles. The molecule has 0 saturated heterocycles. The largest absolute Gasteiger partial charge is 0.507 e. The summed E-state index contributed by atoms with van der Waals surface area (Å²) in [5.74, 6) is -2.29. The Bertz CT molecular complexity index is 451. The number of nitrogens with zero attached hydrogens (tertiary/aromatic N) is 1. The summed E-state index contributed by atoms with van der Waals surface area (Å²) in [7, 11) is 0. The predicted molar refractivity (Wildman–Crippen MR) is 44.7 cm³/mol. The lowest BCUT2D eigenvalue weighted by molar-refractivity contribution is 0.0683. The number of carboxylic acid groups (broad SMARTS) is 1. The van der Waals surface area contributed by atoms with Gasteiger partial charge in [-0.15, -0.1) is 0 Å². The van der Waals surface area contributed by atoms with Gasteiger partial charge in [0.1, 0.15) is 17.4 Å². The molecule has 6 heteroatoms. The lowest BCUT2D eigenvalue weighted by Gasteiger charge is -2.07. The SMILES string of the molecule is N#Cc1c(O)ccc(C(F)F)c1C(=O)O. The van der Waals surface area contributed by atoms with E-state index in [0.717, 1.165) is 12.1 Å². The third-order valence-electron chi connectivity index (χ3n) is 1.78. The number of carboxylic acids is 1. The maximum atomic E-state index is 12.4. The Morgan fingerprint density at radius 2 is 2.07 bits per heavy atom. The smallest absolute Gasteiger partial charge is 0.337 e. The van der Waals surface area contributed by atoms with E-state index in [1.807, 2.05) is 0 Å². The van der Waals surface area contributed by atoms with E-state index in [4.69, 9.17) is 15.5 Å². The van der Waals surface area contributed by atoms with Crippen molar-refractivity contribution in [3.63, 3.8) is 0 Å². The molecule has 0 amide bonds. The summed E-state index contributed by atoms with van der Waals surface area (Å²) in [6.45, 7) is 0. The second-order valence-electron chi connectivity index (χ2n) is 2.64.